The van der Waals surface area contributed by atoms with Crippen molar-refractivity contribution in [1.82, 2.24) is 0 Å². The quantitative estimate of drug-likeness (QED) is 0.354. The lowest BCUT2D eigenvalue weighted by Crippen LogP contribution is -2.48. The molecule has 0 bridgehead atoms. The zero-order chi connectivity index (χ0) is 23.1. The highest BCUT2D eigenvalue weighted by atomic mass is 28.3. The zero-order valence-corrected chi connectivity index (χ0v) is 24.1. The van der Waals surface area contributed by atoms with Crippen molar-refractivity contribution in [2.75, 3.05) is 0 Å². The van der Waals surface area contributed by atoms with E-state index in [4.69, 9.17) is 0 Å². The second kappa shape index (κ2) is 8.66. The van der Waals surface area contributed by atoms with Crippen LogP contribution >= 0.6 is 0 Å². The topological polar surface area (TPSA) is 0 Å². The molecule has 0 aliphatic heterocycles. The van der Waals surface area contributed by atoms with E-state index in [1.807, 2.05) is 0 Å². The lowest BCUT2D eigenvalue weighted by atomic mass is 9.70. The molecule has 0 spiro atoms. The predicted molar refractivity (Wildman–Crippen MR) is 145 cm³/mol. The monoisotopic (exact) mass is 468 g/mol. The molecule has 1 heteroatoms. The highest BCUT2D eigenvalue weighted by molar-refractivity contribution is 6.80. The minimum absolute atomic E-state index is 1.00. The summed E-state index contributed by atoms with van der Waals surface area (Å²) in [5.41, 5.74) is 2.33. The number of hydrogen-bond acceptors (Lipinski definition) is 0. The first-order chi connectivity index (χ1) is 15.8. The second-order valence-corrected chi connectivity index (χ2v) is 20.8. The third-order valence-corrected chi connectivity index (χ3v) is 18.7. The van der Waals surface area contributed by atoms with Crippen LogP contribution in [-0.2, 0) is 0 Å². The smallest absolute Gasteiger partial charge is 0.0547 e. The molecule has 6 fully saturated rings. The van der Waals surface area contributed by atoms with Crippen LogP contribution in [0.25, 0.3) is 0 Å². The van der Waals surface area contributed by atoms with Gasteiger partial charge in [0.15, 0.2) is 0 Å². The SMILES string of the molecule is CC1CCC2C3CCC(C)CC3C([Si](C)(C)C3C4CC(C)CCC4C4CCC(C)CC43)C2C1. The van der Waals surface area contributed by atoms with Crippen molar-refractivity contribution >= 4 is 8.07 Å². The summed E-state index contributed by atoms with van der Waals surface area (Å²) < 4.78 is 0. The predicted octanol–water partition coefficient (Wildman–Crippen LogP) is 9.67. The fourth-order valence-corrected chi connectivity index (χ4v) is 19.0. The minimum Gasteiger partial charge on any atom is -0.0689 e. The van der Waals surface area contributed by atoms with Gasteiger partial charge in [0.05, 0.1) is 8.07 Å². The summed E-state index contributed by atoms with van der Waals surface area (Å²) in [4.78, 5) is 0. The molecule has 33 heavy (non-hydrogen) atoms. The summed E-state index contributed by atoms with van der Waals surface area (Å²) in [5, 5.41) is 0. The van der Waals surface area contributed by atoms with Gasteiger partial charge in [-0.1, -0.05) is 66.5 Å². The maximum absolute atomic E-state index is 3.00. The van der Waals surface area contributed by atoms with E-state index in [2.05, 4.69) is 40.8 Å². The first kappa shape index (κ1) is 23.6. The Morgan fingerprint density at radius 1 is 0.364 bits per heavy atom. The molecule has 0 amide bonds. The van der Waals surface area contributed by atoms with E-state index >= 15 is 0 Å². The van der Waals surface area contributed by atoms with Crippen molar-refractivity contribution in [2.45, 2.75) is 129 Å². The number of fused-ring (bicyclic) bond motifs is 6. The summed E-state index contributed by atoms with van der Waals surface area (Å²) in [6, 6.07) is 0. The average molecular weight is 469 g/mol. The Labute approximate surface area is 207 Å². The largest absolute Gasteiger partial charge is 0.0689 e. The Balaban J connectivity index is 1.38. The molecule has 6 aliphatic rings. The molecule has 6 aliphatic carbocycles. The highest BCUT2D eigenvalue weighted by Crippen LogP contribution is 2.71. The van der Waals surface area contributed by atoms with Gasteiger partial charge >= 0.3 is 0 Å². The van der Waals surface area contributed by atoms with Crippen molar-refractivity contribution < 1.29 is 0 Å². The van der Waals surface area contributed by atoms with E-state index in [0.29, 0.717) is 0 Å². The van der Waals surface area contributed by atoms with Crippen LogP contribution in [-0.4, -0.2) is 8.07 Å². The molecule has 0 heterocycles. The molecule has 0 saturated heterocycles. The van der Waals surface area contributed by atoms with Crippen LogP contribution in [0.3, 0.4) is 0 Å². The normalized spacial score (nSPS) is 56.5. The van der Waals surface area contributed by atoms with Gasteiger partial charge in [0, 0.05) is 0 Å². The molecule has 6 saturated carbocycles. The lowest BCUT2D eigenvalue weighted by Gasteiger charge is -2.50. The lowest BCUT2D eigenvalue weighted by molar-refractivity contribution is 0.144. The van der Waals surface area contributed by atoms with Crippen LogP contribution in [0.2, 0.25) is 24.2 Å². The molecule has 12 atom stereocenters. The fraction of sp³-hybridized carbons (Fsp3) is 1.00. The van der Waals surface area contributed by atoms with E-state index in [9.17, 15) is 0 Å². The molecule has 0 radical (unpaired) electrons. The van der Waals surface area contributed by atoms with Crippen molar-refractivity contribution in [2.24, 2.45) is 71.0 Å². The molecule has 188 valence electrons. The van der Waals surface area contributed by atoms with Crippen LogP contribution in [0.15, 0.2) is 0 Å². The maximum Gasteiger partial charge on any atom is 0.0547 e. The molecule has 0 aromatic rings. The van der Waals surface area contributed by atoms with Gasteiger partial charge in [-0.2, -0.15) is 0 Å². The van der Waals surface area contributed by atoms with Gasteiger partial charge in [0.1, 0.15) is 0 Å². The fourth-order valence-electron chi connectivity index (χ4n) is 12.6. The van der Waals surface area contributed by atoms with Crippen LogP contribution in [0.5, 0.6) is 0 Å². The number of rotatable bonds is 2. The van der Waals surface area contributed by atoms with E-state index in [1.165, 1.54) is 0 Å². The second-order valence-electron chi connectivity index (χ2n) is 15.9. The van der Waals surface area contributed by atoms with Crippen LogP contribution < -0.4 is 0 Å². The molecule has 0 N–H and O–H groups in total. The van der Waals surface area contributed by atoms with Crippen molar-refractivity contribution in [3.05, 3.63) is 0 Å². The molecule has 0 nitrogen and oxygen atoms in total. The summed E-state index contributed by atoms with van der Waals surface area (Å²) in [6.45, 7) is 16.4. The highest BCUT2D eigenvalue weighted by Gasteiger charge is 2.64. The van der Waals surface area contributed by atoms with Crippen LogP contribution in [0.1, 0.15) is 105 Å². The summed E-state index contributed by atoms with van der Waals surface area (Å²) in [6.07, 6.45) is 19.0. The molecule has 0 aromatic heterocycles. The van der Waals surface area contributed by atoms with E-state index in [0.717, 1.165) is 82.1 Å². The Kier molecular flexibility index (Phi) is 6.19. The van der Waals surface area contributed by atoms with E-state index in [-0.39, 0.29) is 0 Å². The van der Waals surface area contributed by atoms with Gasteiger partial charge in [0.25, 0.3) is 0 Å². The van der Waals surface area contributed by atoms with Gasteiger partial charge in [-0.25, -0.2) is 0 Å². The van der Waals surface area contributed by atoms with Gasteiger partial charge in [0.2, 0.25) is 0 Å². The minimum atomic E-state index is -1.39. The zero-order valence-electron chi connectivity index (χ0n) is 23.1. The summed E-state index contributed by atoms with van der Waals surface area (Å²) >= 11 is 0. The van der Waals surface area contributed by atoms with Crippen LogP contribution in [0, 0.1) is 71.0 Å². The Morgan fingerprint density at radius 3 is 0.848 bits per heavy atom. The van der Waals surface area contributed by atoms with Gasteiger partial charge in [-0.15, -0.1) is 0 Å². The van der Waals surface area contributed by atoms with Crippen molar-refractivity contribution in [3.63, 3.8) is 0 Å². The van der Waals surface area contributed by atoms with E-state index < -0.39 is 8.07 Å². The molecular formula is C32H56Si. The average Bonchev–Trinajstić information content (AvgIpc) is 3.24. The third kappa shape index (κ3) is 3.78. The first-order valence-corrected chi connectivity index (χ1v) is 18.9. The maximum atomic E-state index is 3.00. The summed E-state index contributed by atoms with van der Waals surface area (Å²) in [7, 11) is -1.39. The molecule has 12 unspecified atom stereocenters. The third-order valence-electron chi connectivity index (χ3n) is 13.5. The van der Waals surface area contributed by atoms with Crippen molar-refractivity contribution in [3.8, 4) is 0 Å². The Hall–Kier alpha value is 0.217. The number of hydrogen-bond donors (Lipinski definition) is 0. The van der Waals surface area contributed by atoms with Gasteiger partial charge in [-0.3, -0.25) is 0 Å². The molecule has 6 rings (SSSR count). The van der Waals surface area contributed by atoms with E-state index in [1.54, 1.807) is 77.0 Å². The molecule has 0 aromatic carbocycles. The van der Waals surface area contributed by atoms with Crippen LogP contribution in [0.4, 0.5) is 0 Å². The first-order valence-electron chi connectivity index (χ1n) is 15.8. The molecular weight excluding hydrogens is 412 g/mol. The Morgan fingerprint density at radius 2 is 0.606 bits per heavy atom. The summed E-state index contributed by atoms with van der Waals surface area (Å²) in [5.74, 6) is 13.0. The van der Waals surface area contributed by atoms with Crippen molar-refractivity contribution in [1.29, 1.82) is 0 Å². The Bertz CT molecular complexity index is 601. The van der Waals surface area contributed by atoms with Gasteiger partial charge < -0.3 is 0 Å². The standard InChI is InChI=1S/C32H56Si/c1-19-7-11-23-24-12-8-20(2)16-28(24)31(27(23)15-19)33(5,6)32-29-17-21(3)9-13-25(29)26-14-10-22(4)18-30(26)32/h19-32H,7-18H2,1-6H3. The van der Waals surface area contributed by atoms with Gasteiger partial charge in [-0.05, 0) is 133 Å².